The number of hydrogen-bond acceptors (Lipinski definition) is 3. The molecule has 0 aliphatic heterocycles. The largest absolute Gasteiger partial charge is 0.461 e. The Morgan fingerprint density at radius 2 is 1.80 bits per heavy atom. The van der Waals surface area contributed by atoms with E-state index in [9.17, 15) is 9.90 Å². The van der Waals surface area contributed by atoms with E-state index in [-0.39, 0.29) is 17.4 Å². The zero-order valence-corrected chi connectivity index (χ0v) is 16.7. The number of aliphatic hydroxyl groups is 1. The number of carbonyl (C=O) groups is 1. The lowest BCUT2D eigenvalue weighted by atomic mass is 9.64. The first-order valence-electron chi connectivity index (χ1n) is 9.16. The van der Waals surface area contributed by atoms with Gasteiger partial charge in [-0.05, 0) is 43.6 Å². The van der Waals surface area contributed by atoms with Gasteiger partial charge in [0.25, 0.3) is 0 Å². The van der Waals surface area contributed by atoms with E-state index in [0.29, 0.717) is 5.92 Å². The molecule has 0 aromatic heterocycles. The molecule has 25 heavy (non-hydrogen) atoms. The summed E-state index contributed by atoms with van der Waals surface area (Å²) >= 11 is 6.12. The summed E-state index contributed by atoms with van der Waals surface area (Å²) in [4.78, 5) is 12.5. The molecule has 1 aromatic rings. The topological polar surface area (TPSA) is 46.5 Å². The molecule has 0 radical (unpaired) electrons. The Labute approximate surface area is 156 Å². The van der Waals surface area contributed by atoms with Crippen LogP contribution >= 0.6 is 11.6 Å². The standard InChI is InChI=1S/C21H31ClO3/c1-14-11-12-16(20(2,3)15-9-7-6-8-10-15)17(13-14)25-19(23)18(22)21(4,5)24/h6-10,14,16-18,24H,11-13H2,1-5H3/t14-,16-,17-,18+/m1/s1. The molecule has 0 bridgehead atoms. The van der Waals surface area contributed by atoms with Gasteiger partial charge in [0, 0.05) is 5.92 Å². The number of alkyl halides is 1. The van der Waals surface area contributed by atoms with Crippen LogP contribution < -0.4 is 0 Å². The average Bonchev–Trinajstić information content (AvgIpc) is 2.54. The Kier molecular flexibility index (Phi) is 6.22. The Morgan fingerprint density at radius 1 is 1.20 bits per heavy atom. The Hall–Kier alpha value is -1.06. The summed E-state index contributed by atoms with van der Waals surface area (Å²) in [6, 6.07) is 10.4. The van der Waals surface area contributed by atoms with Crippen molar-refractivity contribution in [1.29, 1.82) is 0 Å². The fraction of sp³-hybridized carbons (Fsp3) is 0.667. The van der Waals surface area contributed by atoms with Crippen LogP contribution in [0.5, 0.6) is 0 Å². The minimum atomic E-state index is -1.30. The Balaban J connectivity index is 2.22. The highest BCUT2D eigenvalue weighted by Gasteiger charge is 2.43. The lowest BCUT2D eigenvalue weighted by Gasteiger charge is -2.44. The summed E-state index contributed by atoms with van der Waals surface area (Å²) in [6.45, 7) is 9.69. The van der Waals surface area contributed by atoms with Crippen molar-refractivity contribution in [2.45, 2.75) is 76.4 Å². The highest BCUT2D eigenvalue weighted by Crippen LogP contribution is 2.43. The van der Waals surface area contributed by atoms with E-state index < -0.39 is 16.9 Å². The van der Waals surface area contributed by atoms with Crippen LogP contribution in [0.1, 0.15) is 59.4 Å². The zero-order valence-electron chi connectivity index (χ0n) is 16.0. The van der Waals surface area contributed by atoms with Gasteiger partial charge in [0.2, 0.25) is 0 Å². The van der Waals surface area contributed by atoms with Crippen LogP contribution in [0, 0.1) is 11.8 Å². The smallest absolute Gasteiger partial charge is 0.327 e. The van der Waals surface area contributed by atoms with Crippen LogP contribution in [-0.2, 0) is 14.9 Å². The molecule has 3 nitrogen and oxygen atoms in total. The minimum absolute atomic E-state index is 0.108. The van der Waals surface area contributed by atoms with E-state index in [1.807, 2.05) is 18.2 Å². The molecule has 4 atom stereocenters. The predicted octanol–water partition coefficient (Wildman–Crippen LogP) is 4.69. The van der Waals surface area contributed by atoms with Gasteiger partial charge in [0.05, 0.1) is 5.60 Å². The molecule has 1 aromatic carbocycles. The molecule has 1 N–H and O–H groups in total. The van der Waals surface area contributed by atoms with E-state index in [4.69, 9.17) is 16.3 Å². The molecule has 0 spiro atoms. The quantitative estimate of drug-likeness (QED) is 0.607. The van der Waals surface area contributed by atoms with E-state index in [1.165, 1.54) is 19.4 Å². The van der Waals surface area contributed by atoms with Gasteiger partial charge in [-0.3, -0.25) is 4.79 Å². The van der Waals surface area contributed by atoms with E-state index in [0.717, 1.165) is 19.3 Å². The molecule has 0 amide bonds. The lowest BCUT2D eigenvalue weighted by molar-refractivity contribution is -0.160. The van der Waals surface area contributed by atoms with Crippen molar-refractivity contribution in [1.82, 2.24) is 0 Å². The Morgan fingerprint density at radius 3 is 2.36 bits per heavy atom. The SMILES string of the molecule is C[C@@H]1CC[C@@H](C(C)(C)c2ccccc2)[C@H](OC(=O)[C@H](Cl)C(C)(C)O)C1. The molecule has 1 aliphatic rings. The first kappa shape index (κ1) is 20.3. The van der Waals surface area contributed by atoms with E-state index in [2.05, 4.69) is 32.9 Å². The number of carbonyl (C=O) groups excluding carboxylic acids is 1. The first-order chi connectivity index (χ1) is 11.5. The monoisotopic (exact) mass is 366 g/mol. The molecular weight excluding hydrogens is 336 g/mol. The third kappa shape index (κ3) is 4.77. The molecule has 1 aliphatic carbocycles. The summed E-state index contributed by atoms with van der Waals surface area (Å²) in [7, 11) is 0. The number of ether oxygens (including phenoxy) is 1. The normalized spacial score (nSPS) is 26.1. The number of hydrogen-bond donors (Lipinski definition) is 1. The third-order valence-corrected chi connectivity index (χ3v) is 6.31. The van der Waals surface area contributed by atoms with Crippen LogP contribution in [0.2, 0.25) is 0 Å². The number of esters is 1. The predicted molar refractivity (Wildman–Crippen MR) is 102 cm³/mol. The van der Waals surface area contributed by atoms with Crippen LogP contribution in [0.25, 0.3) is 0 Å². The van der Waals surface area contributed by atoms with Crippen molar-refractivity contribution in [2.24, 2.45) is 11.8 Å². The maximum Gasteiger partial charge on any atom is 0.327 e. The Bertz CT molecular complexity index is 577. The first-order valence-corrected chi connectivity index (χ1v) is 9.59. The van der Waals surface area contributed by atoms with Crippen molar-refractivity contribution in [3.8, 4) is 0 Å². The van der Waals surface area contributed by atoms with Gasteiger partial charge in [-0.15, -0.1) is 11.6 Å². The second-order valence-electron chi connectivity index (χ2n) is 8.60. The van der Waals surface area contributed by atoms with E-state index in [1.54, 1.807) is 0 Å². The molecule has 1 saturated carbocycles. The van der Waals surface area contributed by atoms with Crippen molar-refractivity contribution in [3.05, 3.63) is 35.9 Å². The summed E-state index contributed by atoms with van der Waals surface area (Å²) in [5, 5.41) is 8.94. The van der Waals surface area contributed by atoms with Gasteiger partial charge in [-0.25, -0.2) is 0 Å². The van der Waals surface area contributed by atoms with Gasteiger partial charge in [0.15, 0.2) is 5.38 Å². The van der Waals surface area contributed by atoms with Crippen molar-refractivity contribution >= 4 is 17.6 Å². The van der Waals surface area contributed by atoms with Crippen molar-refractivity contribution < 1.29 is 14.6 Å². The van der Waals surface area contributed by atoms with Crippen molar-refractivity contribution in [2.75, 3.05) is 0 Å². The van der Waals surface area contributed by atoms with Crippen LogP contribution in [0.3, 0.4) is 0 Å². The van der Waals surface area contributed by atoms with Gasteiger partial charge in [-0.1, -0.05) is 57.5 Å². The number of rotatable bonds is 5. The van der Waals surface area contributed by atoms with Crippen LogP contribution in [0.4, 0.5) is 0 Å². The maximum atomic E-state index is 12.5. The number of benzene rings is 1. The molecular formula is C21H31ClO3. The molecule has 0 unspecified atom stereocenters. The second-order valence-corrected chi connectivity index (χ2v) is 9.04. The van der Waals surface area contributed by atoms with Gasteiger partial charge >= 0.3 is 5.97 Å². The summed E-state index contributed by atoms with van der Waals surface area (Å²) in [5.74, 6) is 0.208. The summed E-state index contributed by atoms with van der Waals surface area (Å²) in [6.07, 6.45) is 2.79. The number of halogens is 1. The molecule has 0 heterocycles. The third-order valence-electron chi connectivity index (χ3n) is 5.59. The molecule has 140 valence electrons. The van der Waals surface area contributed by atoms with Crippen LogP contribution in [-0.4, -0.2) is 28.2 Å². The van der Waals surface area contributed by atoms with E-state index >= 15 is 0 Å². The fourth-order valence-electron chi connectivity index (χ4n) is 3.86. The molecule has 2 rings (SSSR count). The highest BCUT2D eigenvalue weighted by atomic mass is 35.5. The molecule has 4 heteroatoms. The van der Waals surface area contributed by atoms with Crippen molar-refractivity contribution in [3.63, 3.8) is 0 Å². The average molecular weight is 367 g/mol. The summed E-state index contributed by atoms with van der Waals surface area (Å²) in [5.41, 5.74) is -0.160. The van der Waals surface area contributed by atoms with Gasteiger partial charge in [-0.2, -0.15) is 0 Å². The van der Waals surface area contributed by atoms with Gasteiger partial charge < -0.3 is 9.84 Å². The fourth-order valence-corrected chi connectivity index (χ4v) is 3.92. The van der Waals surface area contributed by atoms with Crippen LogP contribution in [0.15, 0.2) is 30.3 Å². The lowest BCUT2D eigenvalue weighted by Crippen LogP contribution is -2.46. The molecule has 0 saturated heterocycles. The van der Waals surface area contributed by atoms with Gasteiger partial charge in [0.1, 0.15) is 6.10 Å². The maximum absolute atomic E-state index is 12.5. The second kappa shape index (κ2) is 7.67. The molecule has 1 fully saturated rings. The minimum Gasteiger partial charge on any atom is -0.461 e. The highest BCUT2D eigenvalue weighted by molar-refractivity contribution is 6.30. The zero-order chi connectivity index (χ0) is 18.8. The summed E-state index contributed by atoms with van der Waals surface area (Å²) < 4.78 is 5.84.